The minimum absolute atomic E-state index is 0.0179. The van der Waals surface area contributed by atoms with E-state index >= 15 is 0 Å². The molecule has 0 saturated carbocycles. The Morgan fingerprint density at radius 3 is 2.77 bits per heavy atom. The molecule has 1 rings (SSSR count). The molecule has 8 heteroatoms. The molecule has 0 fully saturated rings. The highest BCUT2D eigenvalue weighted by molar-refractivity contribution is 6.34. The molecular weight excluding hydrogens is 312 g/mol. The number of nitro groups is 1. The van der Waals surface area contributed by atoms with E-state index in [1.165, 1.54) is 13.2 Å². The Morgan fingerprint density at radius 1 is 1.55 bits per heavy atom. The summed E-state index contributed by atoms with van der Waals surface area (Å²) in [6.07, 6.45) is 4.32. The van der Waals surface area contributed by atoms with E-state index in [9.17, 15) is 14.9 Å². The molecule has 0 heterocycles. The van der Waals surface area contributed by atoms with Crippen LogP contribution in [0.3, 0.4) is 0 Å². The smallest absolute Gasteiger partial charge is 0.338 e. The molecule has 0 spiro atoms. The first-order chi connectivity index (χ1) is 10.4. The summed E-state index contributed by atoms with van der Waals surface area (Å²) in [5.41, 5.74) is 5.39. The van der Waals surface area contributed by atoms with Crippen LogP contribution in [0.25, 0.3) is 0 Å². The summed E-state index contributed by atoms with van der Waals surface area (Å²) in [5.74, 6) is -0.699. The highest BCUT2D eigenvalue weighted by Crippen LogP contribution is 2.35. The highest BCUT2D eigenvalue weighted by atomic mass is 35.5. The first-order valence-electron chi connectivity index (χ1n) is 6.46. The number of allylic oxidation sites excluding steroid dienone is 1. The van der Waals surface area contributed by atoms with E-state index in [0.717, 1.165) is 6.07 Å². The molecule has 22 heavy (non-hydrogen) atoms. The molecule has 1 aromatic rings. The van der Waals surface area contributed by atoms with Crippen molar-refractivity contribution in [2.75, 3.05) is 13.7 Å². The number of methoxy groups -OCH3 is 1. The van der Waals surface area contributed by atoms with Crippen molar-refractivity contribution in [3.63, 3.8) is 0 Å². The largest absolute Gasteiger partial charge is 0.490 e. The minimum atomic E-state index is -0.720. The summed E-state index contributed by atoms with van der Waals surface area (Å²) in [6, 6.07) is 2.04. The van der Waals surface area contributed by atoms with Gasteiger partial charge in [0, 0.05) is 12.1 Å². The summed E-state index contributed by atoms with van der Waals surface area (Å²) in [5, 5.41) is 10.8. The molecule has 2 N–H and O–H groups in total. The molecule has 1 unspecified atom stereocenters. The van der Waals surface area contributed by atoms with Gasteiger partial charge in [-0.1, -0.05) is 23.8 Å². The Balaban J connectivity index is 3.04. The van der Waals surface area contributed by atoms with Crippen LogP contribution in [0.15, 0.2) is 24.3 Å². The van der Waals surface area contributed by atoms with Crippen molar-refractivity contribution in [1.29, 1.82) is 0 Å². The predicted octanol–water partition coefficient (Wildman–Crippen LogP) is 2.71. The maximum absolute atomic E-state index is 11.6. The maximum atomic E-state index is 11.6. The Hall–Kier alpha value is -2.12. The van der Waals surface area contributed by atoms with Crippen LogP contribution < -0.4 is 10.5 Å². The van der Waals surface area contributed by atoms with Crippen molar-refractivity contribution in [1.82, 2.24) is 0 Å². The third-order valence-electron chi connectivity index (χ3n) is 2.77. The normalized spacial score (nSPS) is 12.2. The Labute approximate surface area is 132 Å². The lowest BCUT2D eigenvalue weighted by Gasteiger charge is -2.13. The fourth-order valence-electron chi connectivity index (χ4n) is 1.63. The van der Waals surface area contributed by atoms with Crippen molar-refractivity contribution < 1.29 is 19.2 Å². The molecule has 0 bridgehead atoms. The van der Waals surface area contributed by atoms with E-state index in [1.54, 1.807) is 0 Å². The molecule has 0 saturated heterocycles. The van der Waals surface area contributed by atoms with Crippen LogP contribution in [0, 0.1) is 10.1 Å². The zero-order chi connectivity index (χ0) is 16.7. The molecule has 1 atom stereocenters. The molecule has 0 aromatic heterocycles. The second-order valence-corrected chi connectivity index (χ2v) is 4.81. The monoisotopic (exact) mass is 328 g/mol. The number of ether oxygens (including phenoxy) is 2. The molecule has 0 aliphatic heterocycles. The number of benzene rings is 1. The van der Waals surface area contributed by atoms with Crippen molar-refractivity contribution in [2.24, 2.45) is 5.73 Å². The summed E-state index contributed by atoms with van der Waals surface area (Å²) < 4.78 is 9.97. The lowest BCUT2D eigenvalue weighted by Crippen LogP contribution is -2.27. The number of nitrogens with two attached hydrogens (primary N) is 1. The quantitative estimate of drug-likeness (QED) is 0.357. The molecule has 0 amide bonds. The van der Waals surface area contributed by atoms with Crippen LogP contribution in [-0.2, 0) is 4.74 Å². The summed E-state index contributed by atoms with van der Waals surface area (Å²) in [7, 11) is 1.18. The third kappa shape index (κ3) is 4.71. The maximum Gasteiger partial charge on any atom is 0.338 e. The predicted molar refractivity (Wildman–Crippen MR) is 82.3 cm³/mol. The van der Waals surface area contributed by atoms with E-state index in [-0.39, 0.29) is 29.0 Å². The van der Waals surface area contributed by atoms with Crippen LogP contribution in [0.4, 0.5) is 5.69 Å². The minimum Gasteiger partial charge on any atom is -0.490 e. The second-order valence-electron chi connectivity index (χ2n) is 4.43. The van der Waals surface area contributed by atoms with Gasteiger partial charge in [0.05, 0.1) is 17.6 Å². The van der Waals surface area contributed by atoms with Gasteiger partial charge >= 0.3 is 5.97 Å². The van der Waals surface area contributed by atoms with Gasteiger partial charge in [-0.3, -0.25) is 10.1 Å². The van der Waals surface area contributed by atoms with Gasteiger partial charge in [-0.05, 0) is 19.4 Å². The van der Waals surface area contributed by atoms with Gasteiger partial charge in [-0.25, -0.2) is 4.79 Å². The summed E-state index contributed by atoms with van der Waals surface area (Å²) >= 11 is 5.94. The SMILES string of the molecule is CC=CCC(N)COc1cc(C(=O)OC)cc([N+](=O)[O-])c1Cl. The zero-order valence-electron chi connectivity index (χ0n) is 12.2. The van der Waals surface area contributed by atoms with Gasteiger partial charge in [0.15, 0.2) is 5.02 Å². The van der Waals surface area contributed by atoms with Gasteiger partial charge in [0.25, 0.3) is 5.69 Å². The number of hydrogen-bond acceptors (Lipinski definition) is 6. The Kier molecular flexibility index (Phi) is 6.81. The van der Waals surface area contributed by atoms with E-state index in [2.05, 4.69) is 4.74 Å². The van der Waals surface area contributed by atoms with Crippen LogP contribution in [0.5, 0.6) is 5.75 Å². The number of halogens is 1. The molecule has 0 aliphatic rings. The second kappa shape index (κ2) is 8.35. The van der Waals surface area contributed by atoms with Crippen LogP contribution in [0.2, 0.25) is 5.02 Å². The summed E-state index contributed by atoms with van der Waals surface area (Å²) in [6.45, 7) is 1.97. The van der Waals surface area contributed by atoms with E-state index in [1.807, 2.05) is 19.1 Å². The topological polar surface area (TPSA) is 105 Å². The fourth-order valence-corrected chi connectivity index (χ4v) is 1.87. The molecule has 120 valence electrons. The first kappa shape index (κ1) is 17.9. The highest BCUT2D eigenvalue weighted by Gasteiger charge is 2.22. The zero-order valence-corrected chi connectivity index (χ0v) is 13.0. The number of carbonyl (C=O) groups excluding carboxylic acids is 1. The average molecular weight is 329 g/mol. The number of esters is 1. The van der Waals surface area contributed by atoms with Gasteiger partial charge in [-0.15, -0.1) is 0 Å². The number of nitro benzene ring substituents is 1. The number of hydrogen-bond donors (Lipinski definition) is 1. The van der Waals surface area contributed by atoms with Crippen LogP contribution >= 0.6 is 11.6 Å². The fraction of sp³-hybridized carbons (Fsp3) is 0.357. The van der Waals surface area contributed by atoms with Crippen molar-refractivity contribution >= 4 is 23.3 Å². The van der Waals surface area contributed by atoms with Gasteiger partial charge in [0.2, 0.25) is 0 Å². The standard InChI is InChI=1S/C14H17ClN2O5/c1-3-4-5-10(16)8-22-12-7-9(14(18)21-2)6-11(13(12)15)17(19)20/h3-4,6-7,10H,5,8,16H2,1-2H3. The van der Waals surface area contributed by atoms with Crippen LogP contribution in [-0.4, -0.2) is 30.7 Å². The molecule has 7 nitrogen and oxygen atoms in total. The molecular formula is C14H17ClN2O5. The van der Waals surface area contributed by atoms with E-state index < -0.39 is 16.6 Å². The van der Waals surface area contributed by atoms with Crippen molar-refractivity contribution in [3.8, 4) is 5.75 Å². The Bertz CT molecular complexity index is 589. The van der Waals surface area contributed by atoms with E-state index in [0.29, 0.717) is 6.42 Å². The van der Waals surface area contributed by atoms with Crippen molar-refractivity contribution in [3.05, 3.63) is 45.0 Å². The van der Waals surface area contributed by atoms with E-state index in [4.69, 9.17) is 22.1 Å². The summed E-state index contributed by atoms with van der Waals surface area (Å²) in [4.78, 5) is 21.9. The number of nitrogens with zero attached hydrogens (tertiary/aromatic N) is 1. The molecule has 1 aromatic carbocycles. The van der Waals surface area contributed by atoms with Gasteiger partial charge in [-0.2, -0.15) is 0 Å². The lowest BCUT2D eigenvalue weighted by molar-refractivity contribution is -0.384. The third-order valence-corrected chi connectivity index (χ3v) is 3.15. The van der Waals surface area contributed by atoms with Crippen molar-refractivity contribution in [2.45, 2.75) is 19.4 Å². The number of rotatable bonds is 7. The molecule has 0 aliphatic carbocycles. The van der Waals surface area contributed by atoms with Gasteiger partial charge < -0.3 is 15.2 Å². The average Bonchev–Trinajstić information content (AvgIpc) is 2.50. The number of carbonyl (C=O) groups is 1. The van der Waals surface area contributed by atoms with Crippen LogP contribution in [0.1, 0.15) is 23.7 Å². The van der Waals surface area contributed by atoms with Gasteiger partial charge in [0.1, 0.15) is 12.4 Å². The first-order valence-corrected chi connectivity index (χ1v) is 6.84. The molecule has 0 radical (unpaired) electrons. The Morgan fingerprint density at radius 2 is 2.23 bits per heavy atom. The lowest BCUT2D eigenvalue weighted by atomic mass is 10.2.